The van der Waals surface area contributed by atoms with Crippen LogP contribution >= 0.6 is 0 Å². The lowest BCUT2D eigenvalue weighted by atomic mass is 9.85. The van der Waals surface area contributed by atoms with Gasteiger partial charge in [0.2, 0.25) is 0 Å². The molecular formula is C12H16FNO. The highest BCUT2D eigenvalue weighted by Gasteiger charge is 2.22. The van der Waals surface area contributed by atoms with E-state index in [9.17, 15) is 9.18 Å². The van der Waals surface area contributed by atoms with E-state index >= 15 is 0 Å². The van der Waals surface area contributed by atoms with E-state index in [1.165, 1.54) is 12.1 Å². The molecule has 0 atom stereocenters. The Balaban J connectivity index is 2.83. The van der Waals surface area contributed by atoms with Crippen molar-refractivity contribution in [3.05, 3.63) is 35.6 Å². The summed E-state index contributed by atoms with van der Waals surface area (Å²) < 4.78 is 13.3. The van der Waals surface area contributed by atoms with Crippen molar-refractivity contribution in [2.45, 2.75) is 20.3 Å². The molecule has 0 radical (unpaired) electrons. The average Bonchev–Trinajstić information content (AvgIpc) is 2.17. The monoisotopic (exact) mass is 209 g/mol. The van der Waals surface area contributed by atoms with Crippen molar-refractivity contribution in [1.29, 1.82) is 0 Å². The first-order valence-corrected chi connectivity index (χ1v) is 4.94. The third-order valence-electron chi connectivity index (χ3n) is 2.37. The first-order valence-electron chi connectivity index (χ1n) is 4.94. The number of benzene rings is 1. The minimum Gasteiger partial charge on any atom is -0.330 e. The second kappa shape index (κ2) is 4.53. The molecule has 0 aliphatic heterocycles. The molecule has 2 N–H and O–H groups in total. The summed E-state index contributed by atoms with van der Waals surface area (Å²) in [4.78, 5) is 11.7. The van der Waals surface area contributed by atoms with Gasteiger partial charge in [0.1, 0.15) is 5.82 Å². The van der Waals surface area contributed by atoms with Crippen molar-refractivity contribution in [3.8, 4) is 0 Å². The summed E-state index contributed by atoms with van der Waals surface area (Å²) in [6.45, 7) is 4.20. The van der Waals surface area contributed by atoms with Crippen LogP contribution in [0.25, 0.3) is 0 Å². The highest BCUT2D eigenvalue weighted by molar-refractivity contribution is 5.96. The fourth-order valence-electron chi connectivity index (χ4n) is 1.29. The largest absolute Gasteiger partial charge is 0.330 e. The van der Waals surface area contributed by atoms with E-state index < -0.39 is 5.82 Å². The molecule has 0 saturated heterocycles. The van der Waals surface area contributed by atoms with Crippen molar-refractivity contribution >= 4 is 5.78 Å². The summed E-state index contributed by atoms with van der Waals surface area (Å²) in [5.41, 5.74) is 5.40. The van der Waals surface area contributed by atoms with Gasteiger partial charge in [-0.25, -0.2) is 4.39 Å². The molecule has 1 rings (SSSR count). The van der Waals surface area contributed by atoms with Crippen LogP contribution in [-0.2, 0) is 0 Å². The molecule has 1 aromatic carbocycles. The minimum atomic E-state index is -0.463. The van der Waals surface area contributed by atoms with E-state index in [4.69, 9.17) is 5.73 Å². The first kappa shape index (κ1) is 11.9. The topological polar surface area (TPSA) is 43.1 Å². The SMILES string of the molecule is CC(C)(CN)CC(=O)c1ccccc1F. The Morgan fingerprint density at radius 1 is 1.40 bits per heavy atom. The molecule has 15 heavy (non-hydrogen) atoms. The summed E-state index contributed by atoms with van der Waals surface area (Å²) in [6.07, 6.45) is 0.268. The minimum absolute atomic E-state index is 0.152. The predicted molar refractivity (Wildman–Crippen MR) is 58.2 cm³/mol. The fraction of sp³-hybridized carbons (Fsp3) is 0.417. The Morgan fingerprint density at radius 3 is 2.53 bits per heavy atom. The van der Waals surface area contributed by atoms with Crippen LogP contribution in [0.5, 0.6) is 0 Å². The number of hydrogen-bond acceptors (Lipinski definition) is 2. The number of halogens is 1. The third-order valence-corrected chi connectivity index (χ3v) is 2.37. The van der Waals surface area contributed by atoms with E-state index in [1.807, 2.05) is 13.8 Å². The van der Waals surface area contributed by atoms with Crippen molar-refractivity contribution in [2.75, 3.05) is 6.54 Å². The van der Waals surface area contributed by atoms with Gasteiger partial charge in [-0.1, -0.05) is 26.0 Å². The molecule has 2 nitrogen and oxygen atoms in total. The summed E-state index contributed by atoms with van der Waals surface area (Å²) in [5, 5.41) is 0. The van der Waals surface area contributed by atoms with Gasteiger partial charge in [-0.15, -0.1) is 0 Å². The van der Waals surface area contributed by atoms with E-state index in [0.29, 0.717) is 6.54 Å². The van der Waals surface area contributed by atoms with Crippen LogP contribution in [0, 0.1) is 11.2 Å². The van der Waals surface area contributed by atoms with Gasteiger partial charge in [0.05, 0.1) is 5.56 Å². The van der Waals surface area contributed by atoms with E-state index in [-0.39, 0.29) is 23.2 Å². The summed E-state index contributed by atoms with van der Waals surface area (Å²) in [7, 11) is 0. The normalized spacial score (nSPS) is 11.5. The molecule has 0 aliphatic carbocycles. The second-order valence-corrected chi connectivity index (χ2v) is 4.45. The van der Waals surface area contributed by atoms with Crippen LogP contribution in [0.2, 0.25) is 0 Å². The summed E-state index contributed by atoms with van der Waals surface area (Å²) >= 11 is 0. The lowest BCUT2D eigenvalue weighted by Gasteiger charge is -2.21. The van der Waals surface area contributed by atoms with E-state index in [2.05, 4.69) is 0 Å². The third kappa shape index (κ3) is 3.13. The van der Waals surface area contributed by atoms with Gasteiger partial charge in [-0.05, 0) is 24.1 Å². The van der Waals surface area contributed by atoms with Crippen LogP contribution < -0.4 is 5.73 Å². The van der Waals surface area contributed by atoms with Crippen LogP contribution in [0.1, 0.15) is 30.6 Å². The van der Waals surface area contributed by atoms with Gasteiger partial charge >= 0.3 is 0 Å². The van der Waals surface area contributed by atoms with Crippen LogP contribution in [0.15, 0.2) is 24.3 Å². The second-order valence-electron chi connectivity index (χ2n) is 4.45. The lowest BCUT2D eigenvalue weighted by molar-refractivity contribution is 0.0931. The number of carbonyl (C=O) groups excluding carboxylic acids is 1. The number of nitrogens with two attached hydrogens (primary N) is 1. The molecule has 0 aliphatic rings. The van der Waals surface area contributed by atoms with E-state index in [0.717, 1.165) is 0 Å². The van der Waals surface area contributed by atoms with Crippen molar-refractivity contribution in [3.63, 3.8) is 0 Å². The maximum absolute atomic E-state index is 13.3. The quantitative estimate of drug-likeness (QED) is 0.774. The molecule has 0 aromatic heterocycles. The number of rotatable bonds is 4. The molecule has 0 fully saturated rings. The summed E-state index contributed by atoms with van der Waals surface area (Å²) in [5.74, 6) is -0.654. The number of carbonyl (C=O) groups is 1. The number of hydrogen-bond donors (Lipinski definition) is 1. The number of ketones is 1. The standard InChI is InChI=1S/C12H16FNO/c1-12(2,8-14)7-11(15)9-5-3-4-6-10(9)13/h3-6H,7-8,14H2,1-2H3. The zero-order chi connectivity index (χ0) is 11.5. The van der Waals surface area contributed by atoms with Crippen LogP contribution in [0.3, 0.4) is 0 Å². The Morgan fingerprint density at radius 2 is 2.00 bits per heavy atom. The summed E-state index contributed by atoms with van der Waals surface area (Å²) in [6, 6.07) is 6.03. The van der Waals surface area contributed by atoms with Gasteiger partial charge in [0, 0.05) is 6.42 Å². The Kier molecular flexibility index (Phi) is 3.58. The lowest BCUT2D eigenvalue weighted by Crippen LogP contribution is -2.26. The Bertz CT molecular complexity index is 360. The first-order chi connectivity index (χ1) is 6.96. The Hall–Kier alpha value is -1.22. The zero-order valence-electron chi connectivity index (χ0n) is 9.09. The Labute approximate surface area is 89.3 Å². The molecular weight excluding hydrogens is 193 g/mol. The van der Waals surface area contributed by atoms with Crippen LogP contribution in [0.4, 0.5) is 4.39 Å². The molecule has 1 aromatic rings. The van der Waals surface area contributed by atoms with Gasteiger partial charge in [-0.3, -0.25) is 4.79 Å². The van der Waals surface area contributed by atoms with Crippen molar-refractivity contribution in [1.82, 2.24) is 0 Å². The molecule has 82 valence electrons. The highest BCUT2D eigenvalue weighted by atomic mass is 19.1. The van der Waals surface area contributed by atoms with Gasteiger partial charge in [0.25, 0.3) is 0 Å². The molecule has 0 spiro atoms. The van der Waals surface area contributed by atoms with E-state index in [1.54, 1.807) is 12.1 Å². The number of Topliss-reactive ketones (excluding diaryl/α,β-unsaturated/α-hetero) is 1. The molecule has 0 heterocycles. The van der Waals surface area contributed by atoms with Gasteiger partial charge < -0.3 is 5.73 Å². The van der Waals surface area contributed by atoms with Gasteiger partial charge in [0.15, 0.2) is 5.78 Å². The fourth-order valence-corrected chi connectivity index (χ4v) is 1.29. The van der Waals surface area contributed by atoms with Crippen LogP contribution in [-0.4, -0.2) is 12.3 Å². The van der Waals surface area contributed by atoms with Crippen molar-refractivity contribution < 1.29 is 9.18 Å². The zero-order valence-corrected chi connectivity index (χ0v) is 9.09. The molecule has 0 bridgehead atoms. The maximum atomic E-state index is 13.3. The molecule has 3 heteroatoms. The highest BCUT2D eigenvalue weighted by Crippen LogP contribution is 2.22. The molecule has 0 saturated carbocycles. The predicted octanol–water partition coefficient (Wildman–Crippen LogP) is 2.38. The molecule has 0 amide bonds. The van der Waals surface area contributed by atoms with Gasteiger partial charge in [-0.2, -0.15) is 0 Å². The molecule has 0 unspecified atom stereocenters. The van der Waals surface area contributed by atoms with Crippen molar-refractivity contribution in [2.24, 2.45) is 11.1 Å². The average molecular weight is 209 g/mol. The smallest absolute Gasteiger partial charge is 0.166 e. The maximum Gasteiger partial charge on any atom is 0.166 e.